The van der Waals surface area contributed by atoms with Gasteiger partial charge in [-0.2, -0.15) is 0 Å². The standard InChI is InChI=1S/C12H14N4OS2/c1-3-6-13-11(17)8(2)19-12-14-10(15-16-12)9-5-4-7-18-9/h3-5,7-8H,1,6H2,2H3,(H,13,17)(H,14,15,16). The van der Waals surface area contributed by atoms with Gasteiger partial charge >= 0.3 is 0 Å². The Kier molecular flexibility index (Phi) is 4.75. The number of hydrogen-bond acceptors (Lipinski definition) is 5. The van der Waals surface area contributed by atoms with E-state index in [-0.39, 0.29) is 11.2 Å². The molecule has 2 N–H and O–H groups in total. The molecule has 7 heteroatoms. The third-order valence-corrected chi connectivity index (χ3v) is 4.13. The second-order valence-electron chi connectivity index (χ2n) is 3.74. The molecule has 19 heavy (non-hydrogen) atoms. The van der Waals surface area contributed by atoms with Crippen molar-refractivity contribution in [2.24, 2.45) is 0 Å². The van der Waals surface area contributed by atoms with E-state index in [0.717, 1.165) is 10.7 Å². The molecule has 0 aliphatic heterocycles. The highest BCUT2D eigenvalue weighted by atomic mass is 32.2. The first kappa shape index (κ1) is 13.8. The Morgan fingerprint density at radius 1 is 1.74 bits per heavy atom. The molecule has 1 atom stereocenters. The molecule has 0 saturated carbocycles. The van der Waals surface area contributed by atoms with Crippen molar-refractivity contribution in [3.63, 3.8) is 0 Å². The van der Waals surface area contributed by atoms with Crippen LogP contribution in [0.1, 0.15) is 6.92 Å². The normalized spacial score (nSPS) is 12.1. The largest absolute Gasteiger partial charge is 0.352 e. The highest BCUT2D eigenvalue weighted by Crippen LogP contribution is 2.25. The zero-order valence-corrected chi connectivity index (χ0v) is 12.1. The summed E-state index contributed by atoms with van der Waals surface area (Å²) in [6.07, 6.45) is 1.65. The van der Waals surface area contributed by atoms with E-state index in [4.69, 9.17) is 0 Å². The first-order valence-corrected chi connectivity index (χ1v) is 7.48. The molecule has 2 aromatic rings. The summed E-state index contributed by atoms with van der Waals surface area (Å²) >= 11 is 2.92. The lowest BCUT2D eigenvalue weighted by atomic mass is 10.4. The maximum atomic E-state index is 11.7. The van der Waals surface area contributed by atoms with Crippen molar-refractivity contribution < 1.29 is 4.79 Å². The van der Waals surface area contributed by atoms with Gasteiger partial charge in [0.25, 0.3) is 0 Å². The molecule has 0 aliphatic carbocycles. The fourth-order valence-corrected chi connectivity index (χ4v) is 2.76. The summed E-state index contributed by atoms with van der Waals surface area (Å²) in [4.78, 5) is 17.1. The van der Waals surface area contributed by atoms with E-state index < -0.39 is 0 Å². The second kappa shape index (κ2) is 6.53. The van der Waals surface area contributed by atoms with Crippen LogP contribution in [0.5, 0.6) is 0 Å². The fraction of sp³-hybridized carbons (Fsp3) is 0.250. The summed E-state index contributed by atoms with van der Waals surface area (Å²) in [5.41, 5.74) is 0. The molecule has 2 aromatic heterocycles. The maximum absolute atomic E-state index is 11.7. The molecule has 0 aromatic carbocycles. The van der Waals surface area contributed by atoms with Crippen LogP contribution in [0.2, 0.25) is 0 Å². The minimum absolute atomic E-state index is 0.0487. The number of amides is 1. The van der Waals surface area contributed by atoms with E-state index in [9.17, 15) is 4.79 Å². The maximum Gasteiger partial charge on any atom is 0.233 e. The van der Waals surface area contributed by atoms with Crippen molar-refractivity contribution in [1.82, 2.24) is 20.5 Å². The number of thiophene rings is 1. The number of carbonyl (C=O) groups excluding carboxylic acids is 1. The van der Waals surface area contributed by atoms with E-state index in [0.29, 0.717) is 11.7 Å². The van der Waals surface area contributed by atoms with E-state index in [2.05, 4.69) is 27.1 Å². The van der Waals surface area contributed by atoms with Gasteiger partial charge in [0, 0.05) is 6.54 Å². The summed E-state index contributed by atoms with van der Waals surface area (Å²) in [7, 11) is 0. The molecule has 0 radical (unpaired) electrons. The van der Waals surface area contributed by atoms with E-state index in [1.165, 1.54) is 11.8 Å². The number of nitrogens with zero attached hydrogens (tertiary/aromatic N) is 2. The fourth-order valence-electron chi connectivity index (χ4n) is 1.35. The minimum Gasteiger partial charge on any atom is -0.352 e. The Hall–Kier alpha value is -1.60. The number of aromatic amines is 1. The van der Waals surface area contributed by atoms with Gasteiger partial charge in [0.1, 0.15) is 0 Å². The van der Waals surface area contributed by atoms with Crippen molar-refractivity contribution >= 4 is 29.0 Å². The Balaban J connectivity index is 1.96. The number of rotatable bonds is 6. The van der Waals surface area contributed by atoms with Crippen molar-refractivity contribution in [1.29, 1.82) is 0 Å². The predicted molar refractivity (Wildman–Crippen MR) is 78.2 cm³/mol. The highest BCUT2D eigenvalue weighted by molar-refractivity contribution is 8.00. The Bertz CT molecular complexity index is 550. The molecule has 1 unspecified atom stereocenters. The van der Waals surface area contributed by atoms with Crippen LogP contribution in [0, 0.1) is 0 Å². The van der Waals surface area contributed by atoms with Crippen molar-refractivity contribution in [2.75, 3.05) is 6.54 Å². The van der Waals surface area contributed by atoms with Crippen LogP contribution in [0.4, 0.5) is 0 Å². The van der Waals surface area contributed by atoms with Crippen LogP contribution in [0.15, 0.2) is 35.3 Å². The average Bonchev–Trinajstić information content (AvgIpc) is 3.05. The number of H-pyrrole nitrogens is 1. The molecule has 0 bridgehead atoms. The number of aromatic nitrogens is 3. The molecule has 0 aliphatic rings. The topological polar surface area (TPSA) is 70.7 Å². The zero-order chi connectivity index (χ0) is 13.7. The molecular weight excluding hydrogens is 280 g/mol. The molecule has 0 spiro atoms. The third kappa shape index (κ3) is 3.68. The molecule has 2 rings (SSSR count). The Morgan fingerprint density at radius 2 is 2.58 bits per heavy atom. The monoisotopic (exact) mass is 294 g/mol. The lowest BCUT2D eigenvalue weighted by Crippen LogP contribution is -2.30. The SMILES string of the molecule is C=CCNC(=O)C(C)Sc1n[nH]c(-c2cccs2)n1. The number of nitrogens with one attached hydrogen (secondary N) is 2. The van der Waals surface area contributed by atoms with Gasteiger partial charge < -0.3 is 5.32 Å². The van der Waals surface area contributed by atoms with Gasteiger partial charge in [0.15, 0.2) is 5.82 Å². The summed E-state index contributed by atoms with van der Waals surface area (Å²) in [6, 6.07) is 3.93. The number of hydrogen-bond donors (Lipinski definition) is 2. The van der Waals surface area contributed by atoms with Crippen LogP contribution < -0.4 is 5.32 Å². The Labute approximate surface area is 119 Å². The first-order valence-electron chi connectivity index (χ1n) is 5.72. The first-order chi connectivity index (χ1) is 9.20. The van der Waals surface area contributed by atoms with Crippen LogP contribution in [-0.4, -0.2) is 32.9 Å². The quantitative estimate of drug-likeness (QED) is 0.633. The van der Waals surface area contributed by atoms with Gasteiger partial charge in [0.2, 0.25) is 11.1 Å². The third-order valence-electron chi connectivity index (χ3n) is 2.29. The number of thioether (sulfide) groups is 1. The molecule has 1 amide bonds. The van der Waals surface area contributed by atoms with Crippen LogP contribution in [0.25, 0.3) is 10.7 Å². The molecular formula is C12H14N4OS2. The zero-order valence-electron chi connectivity index (χ0n) is 10.4. The van der Waals surface area contributed by atoms with E-state index in [1.807, 2.05) is 24.4 Å². The Morgan fingerprint density at radius 3 is 3.26 bits per heavy atom. The van der Waals surface area contributed by atoms with Crippen molar-refractivity contribution in [2.45, 2.75) is 17.3 Å². The van der Waals surface area contributed by atoms with Gasteiger partial charge in [0.05, 0.1) is 10.1 Å². The molecule has 100 valence electrons. The smallest absolute Gasteiger partial charge is 0.233 e. The number of carbonyl (C=O) groups is 1. The minimum atomic E-state index is -0.244. The summed E-state index contributed by atoms with van der Waals surface area (Å²) < 4.78 is 0. The van der Waals surface area contributed by atoms with Gasteiger partial charge in [-0.1, -0.05) is 23.9 Å². The van der Waals surface area contributed by atoms with E-state index in [1.54, 1.807) is 17.4 Å². The van der Waals surface area contributed by atoms with Gasteiger partial charge in [-0.05, 0) is 18.4 Å². The highest BCUT2D eigenvalue weighted by Gasteiger charge is 2.16. The second-order valence-corrected chi connectivity index (χ2v) is 5.99. The molecule has 2 heterocycles. The average molecular weight is 294 g/mol. The van der Waals surface area contributed by atoms with Gasteiger partial charge in [-0.3, -0.25) is 9.89 Å². The summed E-state index contributed by atoms with van der Waals surface area (Å²) in [5.74, 6) is 0.684. The van der Waals surface area contributed by atoms with Crippen LogP contribution in [0.3, 0.4) is 0 Å². The summed E-state index contributed by atoms with van der Waals surface area (Å²) in [6.45, 7) is 5.85. The molecule has 5 nitrogen and oxygen atoms in total. The van der Waals surface area contributed by atoms with Gasteiger partial charge in [-0.15, -0.1) is 23.0 Å². The van der Waals surface area contributed by atoms with Crippen LogP contribution >= 0.6 is 23.1 Å². The van der Waals surface area contributed by atoms with Crippen molar-refractivity contribution in [3.8, 4) is 10.7 Å². The summed E-state index contributed by atoms with van der Waals surface area (Å²) in [5, 5.41) is 12.0. The van der Waals surface area contributed by atoms with E-state index >= 15 is 0 Å². The molecule has 0 saturated heterocycles. The predicted octanol–water partition coefficient (Wildman–Crippen LogP) is 2.32. The van der Waals surface area contributed by atoms with Gasteiger partial charge in [-0.25, -0.2) is 4.98 Å². The van der Waals surface area contributed by atoms with Crippen LogP contribution in [-0.2, 0) is 4.79 Å². The lowest BCUT2D eigenvalue weighted by Gasteiger charge is -2.07. The van der Waals surface area contributed by atoms with Crippen molar-refractivity contribution in [3.05, 3.63) is 30.2 Å². The molecule has 0 fully saturated rings. The lowest BCUT2D eigenvalue weighted by molar-refractivity contribution is -0.120.